The number of benzene rings is 1. The highest BCUT2D eigenvalue weighted by molar-refractivity contribution is 9.10. The van der Waals surface area contributed by atoms with E-state index in [1.54, 1.807) is 6.07 Å². The molecule has 1 atom stereocenters. The standard InChI is InChI=1S/C10H8BrFO/c11-9-5-6(12)1-2-7(9)8-3-4-10(8)13/h1-2,5,8H,3-4H2. The molecule has 1 aromatic rings. The van der Waals surface area contributed by atoms with Crippen LogP contribution < -0.4 is 0 Å². The van der Waals surface area contributed by atoms with Gasteiger partial charge < -0.3 is 0 Å². The number of carbonyl (C=O) groups excluding carboxylic acids is 1. The molecule has 1 nitrogen and oxygen atoms in total. The Morgan fingerprint density at radius 3 is 2.69 bits per heavy atom. The predicted molar refractivity (Wildman–Crippen MR) is 51.1 cm³/mol. The van der Waals surface area contributed by atoms with Gasteiger partial charge in [0.05, 0.1) is 0 Å². The van der Waals surface area contributed by atoms with Crippen molar-refractivity contribution in [3.63, 3.8) is 0 Å². The molecule has 13 heavy (non-hydrogen) atoms. The van der Waals surface area contributed by atoms with Gasteiger partial charge in [0.15, 0.2) is 0 Å². The Kier molecular flexibility index (Phi) is 2.20. The van der Waals surface area contributed by atoms with Crippen LogP contribution in [0, 0.1) is 5.82 Å². The summed E-state index contributed by atoms with van der Waals surface area (Å²) in [6, 6.07) is 4.48. The lowest BCUT2D eigenvalue weighted by Crippen LogP contribution is -2.23. The van der Waals surface area contributed by atoms with Crippen molar-refractivity contribution in [1.82, 2.24) is 0 Å². The summed E-state index contributed by atoms with van der Waals surface area (Å²) in [5.41, 5.74) is 0.914. The molecule has 0 N–H and O–H groups in total. The molecule has 0 aromatic heterocycles. The molecule has 1 unspecified atom stereocenters. The summed E-state index contributed by atoms with van der Waals surface area (Å²) < 4.78 is 13.4. The summed E-state index contributed by atoms with van der Waals surface area (Å²) >= 11 is 3.26. The number of Topliss-reactive ketones (excluding diaryl/α,β-unsaturated/α-hetero) is 1. The third-order valence-corrected chi connectivity index (χ3v) is 3.09. The first-order valence-electron chi connectivity index (χ1n) is 4.16. The zero-order chi connectivity index (χ0) is 9.42. The van der Waals surface area contributed by atoms with E-state index in [0.717, 1.165) is 12.0 Å². The molecule has 0 aliphatic heterocycles. The molecule has 1 aliphatic carbocycles. The van der Waals surface area contributed by atoms with Gasteiger partial charge in [0.2, 0.25) is 0 Å². The van der Waals surface area contributed by atoms with Crippen LogP contribution in [-0.2, 0) is 4.79 Å². The predicted octanol–water partition coefficient (Wildman–Crippen LogP) is 3.03. The molecule has 0 radical (unpaired) electrons. The summed E-state index contributed by atoms with van der Waals surface area (Å²) in [4.78, 5) is 11.2. The zero-order valence-electron chi connectivity index (χ0n) is 6.89. The first-order chi connectivity index (χ1) is 6.18. The van der Waals surface area contributed by atoms with Crippen LogP contribution in [0.5, 0.6) is 0 Å². The first-order valence-corrected chi connectivity index (χ1v) is 4.95. The van der Waals surface area contributed by atoms with Crippen LogP contribution in [0.25, 0.3) is 0 Å². The average Bonchev–Trinajstić information content (AvgIpc) is 2.07. The van der Waals surface area contributed by atoms with Crippen molar-refractivity contribution in [1.29, 1.82) is 0 Å². The van der Waals surface area contributed by atoms with Crippen LogP contribution in [0.3, 0.4) is 0 Å². The van der Waals surface area contributed by atoms with E-state index in [1.807, 2.05) is 0 Å². The van der Waals surface area contributed by atoms with Gasteiger partial charge in [0, 0.05) is 16.8 Å². The fraction of sp³-hybridized carbons (Fsp3) is 0.300. The van der Waals surface area contributed by atoms with Crippen LogP contribution >= 0.6 is 15.9 Å². The Hall–Kier alpha value is -0.700. The van der Waals surface area contributed by atoms with E-state index >= 15 is 0 Å². The van der Waals surface area contributed by atoms with E-state index in [2.05, 4.69) is 15.9 Å². The molecular weight excluding hydrogens is 235 g/mol. The number of rotatable bonds is 1. The van der Waals surface area contributed by atoms with Gasteiger partial charge in [0.1, 0.15) is 11.6 Å². The Morgan fingerprint density at radius 2 is 2.23 bits per heavy atom. The van der Waals surface area contributed by atoms with E-state index in [1.165, 1.54) is 12.1 Å². The number of hydrogen-bond acceptors (Lipinski definition) is 1. The second-order valence-corrected chi connectivity index (χ2v) is 4.08. The molecule has 0 heterocycles. The van der Waals surface area contributed by atoms with Gasteiger partial charge in [-0.2, -0.15) is 0 Å². The highest BCUT2D eigenvalue weighted by Crippen LogP contribution is 2.36. The van der Waals surface area contributed by atoms with E-state index in [9.17, 15) is 9.18 Å². The molecule has 1 aromatic carbocycles. The van der Waals surface area contributed by atoms with Gasteiger partial charge in [-0.3, -0.25) is 4.79 Å². The third-order valence-electron chi connectivity index (χ3n) is 2.41. The summed E-state index contributed by atoms with van der Waals surface area (Å²) in [6.45, 7) is 0. The van der Waals surface area contributed by atoms with E-state index in [-0.39, 0.29) is 17.5 Å². The molecule has 2 rings (SSSR count). The highest BCUT2D eigenvalue weighted by atomic mass is 79.9. The van der Waals surface area contributed by atoms with Crippen LogP contribution in [0.1, 0.15) is 24.3 Å². The minimum absolute atomic E-state index is 0.00465. The fourth-order valence-corrected chi connectivity index (χ4v) is 2.15. The maximum atomic E-state index is 12.7. The largest absolute Gasteiger partial charge is 0.299 e. The van der Waals surface area contributed by atoms with Crippen LogP contribution in [0.15, 0.2) is 22.7 Å². The summed E-state index contributed by atoms with van der Waals surface area (Å²) in [5.74, 6) is -0.0234. The van der Waals surface area contributed by atoms with Crippen molar-refractivity contribution in [2.45, 2.75) is 18.8 Å². The smallest absolute Gasteiger partial charge is 0.140 e. The van der Waals surface area contributed by atoms with Gasteiger partial charge in [0.25, 0.3) is 0 Å². The van der Waals surface area contributed by atoms with Crippen molar-refractivity contribution < 1.29 is 9.18 Å². The molecule has 68 valence electrons. The van der Waals surface area contributed by atoms with Crippen LogP contribution in [0.4, 0.5) is 4.39 Å². The van der Waals surface area contributed by atoms with Gasteiger partial charge in [-0.15, -0.1) is 0 Å². The van der Waals surface area contributed by atoms with Crippen LogP contribution in [-0.4, -0.2) is 5.78 Å². The molecule has 1 aliphatic rings. The number of hydrogen-bond donors (Lipinski definition) is 0. The normalized spacial score (nSPS) is 21.4. The molecule has 1 saturated carbocycles. The Morgan fingerprint density at radius 1 is 1.46 bits per heavy atom. The average molecular weight is 243 g/mol. The molecule has 0 saturated heterocycles. The van der Waals surface area contributed by atoms with Crippen molar-refractivity contribution in [2.75, 3.05) is 0 Å². The van der Waals surface area contributed by atoms with Crippen LogP contribution in [0.2, 0.25) is 0 Å². The second kappa shape index (κ2) is 3.22. The molecule has 0 bridgehead atoms. The maximum Gasteiger partial charge on any atom is 0.140 e. The number of ketones is 1. The first kappa shape index (κ1) is 8.88. The van der Waals surface area contributed by atoms with E-state index in [0.29, 0.717) is 10.9 Å². The molecular formula is C10H8BrFO. The third kappa shape index (κ3) is 1.53. The maximum absolute atomic E-state index is 12.7. The van der Waals surface area contributed by atoms with Crippen molar-refractivity contribution >= 4 is 21.7 Å². The monoisotopic (exact) mass is 242 g/mol. The minimum atomic E-state index is -0.276. The van der Waals surface area contributed by atoms with Crippen molar-refractivity contribution in [3.05, 3.63) is 34.1 Å². The van der Waals surface area contributed by atoms with Gasteiger partial charge >= 0.3 is 0 Å². The lowest BCUT2D eigenvalue weighted by Gasteiger charge is -2.25. The summed E-state index contributed by atoms with van der Waals surface area (Å²) in [6.07, 6.45) is 1.55. The quantitative estimate of drug-likeness (QED) is 0.740. The van der Waals surface area contributed by atoms with E-state index < -0.39 is 0 Å². The van der Waals surface area contributed by atoms with Gasteiger partial charge in [-0.25, -0.2) is 4.39 Å². The number of carbonyl (C=O) groups is 1. The van der Waals surface area contributed by atoms with E-state index in [4.69, 9.17) is 0 Å². The minimum Gasteiger partial charge on any atom is -0.299 e. The Balaban J connectivity index is 2.35. The van der Waals surface area contributed by atoms with Gasteiger partial charge in [-0.1, -0.05) is 22.0 Å². The highest BCUT2D eigenvalue weighted by Gasteiger charge is 2.30. The molecule has 1 fully saturated rings. The SMILES string of the molecule is O=C1CCC1c1ccc(F)cc1Br. The topological polar surface area (TPSA) is 17.1 Å². The fourth-order valence-electron chi connectivity index (χ4n) is 1.52. The van der Waals surface area contributed by atoms with Gasteiger partial charge in [-0.05, 0) is 24.1 Å². The lowest BCUT2D eigenvalue weighted by atomic mass is 9.79. The lowest BCUT2D eigenvalue weighted by molar-refractivity contribution is -0.125. The molecule has 3 heteroatoms. The summed E-state index contributed by atoms with van der Waals surface area (Å²) in [7, 11) is 0. The molecule has 0 amide bonds. The Labute approximate surface area is 84.1 Å². The zero-order valence-corrected chi connectivity index (χ0v) is 8.47. The number of halogens is 2. The molecule has 0 spiro atoms. The van der Waals surface area contributed by atoms with Crippen molar-refractivity contribution in [2.24, 2.45) is 0 Å². The Bertz CT molecular complexity index is 362. The summed E-state index contributed by atoms with van der Waals surface area (Å²) in [5, 5.41) is 0. The second-order valence-electron chi connectivity index (χ2n) is 3.22. The van der Waals surface area contributed by atoms with Crippen molar-refractivity contribution in [3.8, 4) is 0 Å².